The van der Waals surface area contributed by atoms with Crippen molar-refractivity contribution >= 4 is 17.6 Å². The van der Waals surface area contributed by atoms with Gasteiger partial charge in [0.15, 0.2) is 0 Å². The lowest BCUT2D eigenvalue weighted by molar-refractivity contribution is -0.384. The number of non-ortho nitro benzene ring substituents is 1. The van der Waals surface area contributed by atoms with Gasteiger partial charge in [-0.05, 0) is 18.4 Å². The number of rotatable bonds is 18. The highest BCUT2D eigenvalue weighted by atomic mass is 16.6. The first kappa shape index (κ1) is 26.6. The molecule has 0 N–H and O–H groups in total. The number of nitrogens with zero attached hydrogens (tertiary/aromatic N) is 1. The standard InChI is InChI=1S/C24H37NO6/c1-2-3-4-5-6-7-8-9-10-18-30-23(26)15-12-16-24(27)31-19-17-21-13-11-14-22(20-21)25(28)29/h11,13-14,20H,2-10,12,15-19H2,1H3. The summed E-state index contributed by atoms with van der Waals surface area (Å²) in [4.78, 5) is 33.8. The Labute approximate surface area is 185 Å². The van der Waals surface area contributed by atoms with Gasteiger partial charge in [0.1, 0.15) is 0 Å². The van der Waals surface area contributed by atoms with Crippen LogP contribution in [0.1, 0.15) is 89.5 Å². The number of hydrogen-bond donors (Lipinski definition) is 0. The zero-order chi connectivity index (χ0) is 22.7. The second kappa shape index (κ2) is 17.3. The Hall–Kier alpha value is -2.44. The van der Waals surface area contributed by atoms with Crippen LogP contribution in [0.25, 0.3) is 0 Å². The first-order valence-corrected chi connectivity index (χ1v) is 11.6. The number of hydrogen-bond acceptors (Lipinski definition) is 6. The fourth-order valence-corrected chi connectivity index (χ4v) is 3.23. The molecule has 0 aliphatic carbocycles. The molecule has 1 aromatic carbocycles. The number of benzene rings is 1. The van der Waals surface area contributed by atoms with Crippen molar-refractivity contribution in [3.8, 4) is 0 Å². The Bertz CT molecular complexity index is 661. The summed E-state index contributed by atoms with van der Waals surface area (Å²) >= 11 is 0. The van der Waals surface area contributed by atoms with Gasteiger partial charge in [0, 0.05) is 31.4 Å². The van der Waals surface area contributed by atoms with Crippen LogP contribution < -0.4 is 0 Å². The Morgan fingerprint density at radius 2 is 1.42 bits per heavy atom. The van der Waals surface area contributed by atoms with Gasteiger partial charge in [-0.25, -0.2) is 0 Å². The third-order valence-electron chi connectivity index (χ3n) is 5.05. The van der Waals surface area contributed by atoms with E-state index < -0.39 is 4.92 Å². The molecule has 174 valence electrons. The van der Waals surface area contributed by atoms with Crippen LogP contribution in [-0.2, 0) is 25.5 Å². The third kappa shape index (κ3) is 14.2. The number of unbranched alkanes of at least 4 members (excludes halogenated alkanes) is 8. The van der Waals surface area contributed by atoms with E-state index >= 15 is 0 Å². The van der Waals surface area contributed by atoms with Crippen molar-refractivity contribution in [3.63, 3.8) is 0 Å². The van der Waals surface area contributed by atoms with Gasteiger partial charge in [-0.1, -0.05) is 70.4 Å². The molecule has 1 aromatic rings. The molecule has 0 saturated carbocycles. The first-order valence-electron chi connectivity index (χ1n) is 11.6. The molecule has 0 aliphatic rings. The number of carbonyl (C=O) groups is 2. The van der Waals surface area contributed by atoms with Crippen molar-refractivity contribution in [3.05, 3.63) is 39.9 Å². The highest BCUT2D eigenvalue weighted by Gasteiger charge is 2.09. The zero-order valence-electron chi connectivity index (χ0n) is 18.8. The summed E-state index contributed by atoms with van der Waals surface area (Å²) < 4.78 is 10.3. The van der Waals surface area contributed by atoms with Crippen molar-refractivity contribution in [1.29, 1.82) is 0 Å². The fraction of sp³-hybridized carbons (Fsp3) is 0.667. The molecule has 0 radical (unpaired) electrons. The van der Waals surface area contributed by atoms with E-state index in [4.69, 9.17) is 9.47 Å². The Morgan fingerprint density at radius 1 is 0.839 bits per heavy atom. The van der Waals surface area contributed by atoms with Crippen LogP contribution in [0.3, 0.4) is 0 Å². The molecule has 0 saturated heterocycles. The van der Waals surface area contributed by atoms with Gasteiger partial charge in [-0.3, -0.25) is 19.7 Å². The van der Waals surface area contributed by atoms with Crippen LogP contribution in [0.4, 0.5) is 5.69 Å². The van der Waals surface area contributed by atoms with Crippen LogP contribution in [0, 0.1) is 10.1 Å². The van der Waals surface area contributed by atoms with Crippen LogP contribution in [0.5, 0.6) is 0 Å². The third-order valence-corrected chi connectivity index (χ3v) is 5.05. The molecule has 7 heteroatoms. The fourth-order valence-electron chi connectivity index (χ4n) is 3.23. The van der Waals surface area contributed by atoms with Crippen molar-refractivity contribution in [2.45, 2.75) is 90.4 Å². The average molecular weight is 436 g/mol. The number of ether oxygens (including phenoxy) is 2. The predicted octanol–water partition coefficient (Wildman–Crippen LogP) is 5.92. The van der Waals surface area contributed by atoms with Crippen molar-refractivity contribution in [1.82, 2.24) is 0 Å². The Kier molecular flexibility index (Phi) is 14.8. The van der Waals surface area contributed by atoms with Gasteiger partial charge >= 0.3 is 11.9 Å². The molecule has 0 bridgehead atoms. The number of carbonyl (C=O) groups excluding carboxylic acids is 2. The van der Waals surface area contributed by atoms with E-state index in [1.807, 2.05) is 0 Å². The highest BCUT2D eigenvalue weighted by Crippen LogP contribution is 2.14. The average Bonchev–Trinajstić information content (AvgIpc) is 2.75. The maximum absolute atomic E-state index is 11.8. The van der Waals surface area contributed by atoms with Crippen LogP contribution in [0.15, 0.2) is 24.3 Å². The van der Waals surface area contributed by atoms with E-state index in [1.54, 1.807) is 12.1 Å². The van der Waals surface area contributed by atoms with Crippen LogP contribution >= 0.6 is 0 Å². The van der Waals surface area contributed by atoms with Gasteiger partial charge in [0.2, 0.25) is 0 Å². The highest BCUT2D eigenvalue weighted by molar-refractivity contribution is 5.72. The predicted molar refractivity (Wildman–Crippen MR) is 120 cm³/mol. The van der Waals surface area contributed by atoms with Gasteiger partial charge < -0.3 is 9.47 Å². The SMILES string of the molecule is CCCCCCCCCCCOC(=O)CCCC(=O)OCCc1cccc([N+](=O)[O-])c1. The van der Waals surface area contributed by atoms with E-state index in [-0.39, 0.29) is 37.1 Å². The molecular weight excluding hydrogens is 398 g/mol. The minimum Gasteiger partial charge on any atom is -0.466 e. The summed E-state index contributed by atoms with van der Waals surface area (Å²) in [6.07, 6.45) is 12.1. The van der Waals surface area contributed by atoms with Gasteiger partial charge in [-0.15, -0.1) is 0 Å². The Balaban J connectivity index is 1.97. The summed E-state index contributed by atoms with van der Waals surface area (Å²) in [5, 5.41) is 10.8. The molecule has 0 atom stereocenters. The minimum absolute atomic E-state index is 0.0183. The summed E-state index contributed by atoms with van der Waals surface area (Å²) in [5.41, 5.74) is 0.756. The lowest BCUT2D eigenvalue weighted by Crippen LogP contribution is -2.10. The second-order valence-corrected chi connectivity index (χ2v) is 7.80. The molecule has 1 rings (SSSR count). The molecule has 0 fully saturated rings. The van der Waals surface area contributed by atoms with E-state index in [1.165, 1.54) is 57.1 Å². The lowest BCUT2D eigenvalue weighted by atomic mass is 10.1. The smallest absolute Gasteiger partial charge is 0.305 e. The van der Waals surface area contributed by atoms with E-state index in [0.29, 0.717) is 19.4 Å². The summed E-state index contributed by atoms with van der Waals surface area (Å²) in [6.45, 7) is 2.82. The zero-order valence-corrected chi connectivity index (χ0v) is 18.8. The van der Waals surface area contributed by atoms with Crippen molar-refractivity contribution < 1.29 is 24.0 Å². The summed E-state index contributed by atoms with van der Waals surface area (Å²) in [5.74, 6) is -0.652. The molecular formula is C24H37NO6. The topological polar surface area (TPSA) is 95.7 Å². The molecule has 0 spiro atoms. The lowest BCUT2D eigenvalue weighted by Gasteiger charge is -2.06. The summed E-state index contributed by atoms with van der Waals surface area (Å²) in [7, 11) is 0. The molecule has 0 aliphatic heterocycles. The molecule has 0 aromatic heterocycles. The second-order valence-electron chi connectivity index (χ2n) is 7.80. The normalized spacial score (nSPS) is 10.6. The van der Waals surface area contributed by atoms with E-state index in [0.717, 1.165) is 18.4 Å². The van der Waals surface area contributed by atoms with E-state index in [2.05, 4.69) is 6.92 Å². The number of esters is 2. The Morgan fingerprint density at radius 3 is 2.03 bits per heavy atom. The van der Waals surface area contributed by atoms with Crippen molar-refractivity contribution in [2.24, 2.45) is 0 Å². The van der Waals surface area contributed by atoms with Crippen LogP contribution in [0.2, 0.25) is 0 Å². The molecule has 0 unspecified atom stereocenters. The minimum atomic E-state index is -0.454. The van der Waals surface area contributed by atoms with Gasteiger partial charge in [0.05, 0.1) is 18.1 Å². The molecule has 31 heavy (non-hydrogen) atoms. The largest absolute Gasteiger partial charge is 0.466 e. The van der Waals surface area contributed by atoms with Gasteiger partial charge in [-0.2, -0.15) is 0 Å². The molecule has 7 nitrogen and oxygen atoms in total. The van der Waals surface area contributed by atoms with E-state index in [9.17, 15) is 19.7 Å². The number of nitro groups is 1. The maximum atomic E-state index is 11.8. The molecule has 0 heterocycles. The first-order chi connectivity index (χ1) is 15.0. The monoisotopic (exact) mass is 435 g/mol. The van der Waals surface area contributed by atoms with Gasteiger partial charge in [0.25, 0.3) is 5.69 Å². The number of nitro benzene ring substituents is 1. The maximum Gasteiger partial charge on any atom is 0.305 e. The van der Waals surface area contributed by atoms with Crippen LogP contribution in [-0.4, -0.2) is 30.1 Å². The molecule has 0 amide bonds. The van der Waals surface area contributed by atoms with Crippen molar-refractivity contribution in [2.75, 3.05) is 13.2 Å². The summed E-state index contributed by atoms with van der Waals surface area (Å²) in [6, 6.07) is 6.25. The quantitative estimate of drug-likeness (QED) is 0.123.